The van der Waals surface area contributed by atoms with Gasteiger partial charge in [-0.2, -0.15) is 0 Å². The summed E-state index contributed by atoms with van der Waals surface area (Å²) in [4.78, 5) is 76.8. The van der Waals surface area contributed by atoms with Crippen molar-refractivity contribution in [3.05, 3.63) is 72.3 Å². The lowest BCUT2D eigenvalue weighted by Gasteiger charge is -2.30. The van der Waals surface area contributed by atoms with Gasteiger partial charge in [0.05, 0.1) is 66.6 Å². The normalized spacial score (nSPS) is 21.9. The highest BCUT2D eigenvalue weighted by molar-refractivity contribution is 6.03. The van der Waals surface area contributed by atoms with Gasteiger partial charge in [-0.05, 0) is 75.1 Å². The minimum absolute atomic E-state index is 0.0268. The van der Waals surface area contributed by atoms with E-state index in [-0.39, 0.29) is 35.7 Å². The second-order valence-corrected chi connectivity index (χ2v) is 16.8. The number of nitrogens with one attached hydrogen (secondary N) is 4. The van der Waals surface area contributed by atoms with Gasteiger partial charge in [0.15, 0.2) is 0 Å². The largest absolute Gasteiger partial charge is 0.453 e. The topological polar surface area (TPSA) is 192 Å². The van der Waals surface area contributed by atoms with Crippen molar-refractivity contribution in [1.29, 1.82) is 0 Å². The first-order chi connectivity index (χ1) is 28.9. The van der Waals surface area contributed by atoms with Crippen molar-refractivity contribution in [2.45, 2.75) is 83.5 Å². The number of aromatic amines is 2. The molecular weight excluding hydrogens is 765 g/mol. The second-order valence-electron chi connectivity index (χ2n) is 16.8. The highest BCUT2D eigenvalue weighted by Crippen LogP contribution is 2.47. The van der Waals surface area contributed by atoms with Gasteiger partial charge < -0.3 is 39.9 Å². The summed E-state index contributed by atoms with van der Waals surface area (Å²) in [6.07, 6.45) is 6.22. The van der Waals surface area contributed by atoms with Crippen LogP contribution in [-0.4, -0.2) is 102 Å². The Hall–Kier alpha value is -6.45. The molecule has 0 radical (unpaired) electrons. The summed E-state index contributed by atoms with van der Waals surface area (Å²) in [6, 6.07) is 13.6. The Morgan fingerprint density at radius 1 is 0.833 bits per heavy atom. The Bertz CT molecular complexity index is 2680. The number of benzene rings is 2. The highest BCUT2D eigenvalue weighted by Gasteiger charge is 2.61. The molecule has 312 valence electrons. The smallest absolute Gasteiger partial charge is 0.407 e. The number of ether oxygens (including phenoxy) is 2. The van der Waals surface area contributed by atoms with Crippen LogP contribution in [0.3, 0.4) is 0 Å². The average Bonchev–Trinajstić information content (AvgIpc) is 3.99. The van der Waals surface area contributed by atoms with Gasteiger partial charge in [-0.1, -0.05) is 39.0 Å². The molecule has 60 heavy (non-hydrogen) atoms. The van der Waals surface area contributed by atoms with Gasteiger partial charge in [0.2, 0.25) is 11.8 Å². The molecule has 3 aliphatic rings. The van der Waals surface area contributed by atoms with E-state index >= 15 is 0 Å². The summed E-state index contributed by atoms with van der Waals surface area (Å²) in [5, 5.41) is 7.57. The van der Waals surface area contributed by atoms with E-state index in [0.717, 1.165) is 87.2 Å². The number of methoxy groups -OCH3 is 2. The number of imidazole rings is 2. The van der Waals surface area contributed by atoms with Crippen LogP contribution in [0, 0.1) is 18.8 Å². The van der Waals surface area contributed by atoms with Crippen molar-refractivity contribution < 1.29 is 28.7 Å². The van der Waals surface area contributed by atoms with E-state index in [1.165, 1.54) is 14.2 Å². The van der Waals surface area contributed by atoms with Crippen molar-refractivity contribution in [1.82, 2.24) is 49.8 Å². The molecule has 2 saturated heterocycles. The predicted molar refractivity (Wildman–Crippen MR) is 224 cm³/mol. The molecule has 4 N–H and O–H groups in total. The molecule has 1 aliphatic carbocycles. The molecule has 0 bridgehead atoms. The van der Waals surface area contributed by atoms with Gasteiger partial charge in [-0.3, -0.25) is 14.0 Å². The zero-order valence-corrected chi connectivity index (χ0v) is 34.7. The van der Waals surface area contributed by atoms with Crippen molar-refractivity contribution in [2.24, 2.45) is 11.8 Å². The average molecular weight is 815 g/mol. The number of rotatable bonds is 9. The number of carbonyl (C=O) groups excluding carboxylic acids is 4. The van der Waals surface area contributed by atoms with Crippen LogP contribution < -0.4 is 10.6 Å². The zero-order valence-electron chi connectivity index (χ0n) is 34.7. The van der Waals surface area contributed by atoms with Crippen LogP contribution in [0.15, 0.2) is 54.9 Å². The SMILES string of the molecule is COC(=O)N[C@H](C(=O)N1CCC[C@H]1c1ncc(-c2ccc3c(c2)cc2c4ccc(-c5cnc([C@H]6CCCN6C(=O)C6(NC(=O)OC)CC6C)[nH]5)cc4nc(C)n32)[nH]1)C(C)C. The number of hydrogen-bond donors (Lipinski definition) is 4. The Morgan fingerprint density at radius 3 is 2.08 bits per heavy atom. The first-order valence-corrected chi connectivity index (χ1v) is 20.7. The van der Waals surface area contributed by atoms with Gasteiger partial charge in [0.1, 0.15) is 29.1 Å². The first-order valence-electron chi connectivity index (χ1n) is 20.7. The van der Waals surface area contributed by atoms with Crippen LogP contribution >= 0.6 is 0 Å². The minimum atomic E-state index is -0.933. The summed E-state index contributed by atoms with van der Waals surface area (Å²) in [5.41, 5.74) is 5.58. The van der Waals surface area contributed by atoms with Gasteiger partial charge in [-0.25, -0.2) is 24.5 Å². The molecule has 2 aromatic carbocycles. The molecule has 6 heterocycles. The molecule has 5 atom stereocenters. The molecule has 1 saturated carbocycles. The molecule has 0 spiro atoms. The number of amides is 4. The lowest BCUT2D eigenvalue weighted by molar-refractivity contribution is -0.136. The molecule has 6 aromatic rings. The fourth-order valence-electron chi connectivity index (χ4n) is 9.39. The molecule has 2 aliphatic heterocycles. The molecule has 16 heteroatoms. The number of carbonyl (C=O) groups is 4. The highest BCUT2D eigenvalue weighted by atomic mass is 16.5. The third-order valence-electron chi connectivity index (χ3n) is 12.8. The second kappa shape index (κ2) is 15.0. The molecule has 9 rings (SSSR count). The Kier molecular flexibility index (Phi) is 9.75. The van der Waals surface area contributed by atoms with Gasteiger partial charge >= 0.3 is 12.2 Å². The van der Waals surface area contributed by atoms with E-state index in [9.17, 15) is 19.2 Å². The van der Waals surface area contributed by atoms with Crippen LogP contribution in [0.25, 0.3) is 49.8 Å². The van der Waals surface area contributed by atoms with Crippen LogP contribution in [-0.2, 0) is 19.1 Å². The summed E-state index contributed by atoms with van der Waals surface area (Å²) >= 11 is 0. The van der Waals surface area contributed by atoms with E-state index in [1.54, 1.807) is 0 Å². The number of H-pyrrole nitrogens is 2. The van der Waals surface area contributed by atoms with Crippen molar-refractivity contribution >= 4 is 51.3 Å². The molecule has 3 fully saturated rings. The lowest BCUT2D eigenvalue weighted by Crippen LogP contribution is -2.51. The van der Waals surface area contributed by atoms with E-state index in [1.807, 2.05) is 49.9 Å². The summed E-state index contributed by atoms with van der Waals surface area (Å²) in [7, 11) is 2.60. The molecule has 16 nitrogen and oxygen atoms in total. The summed E-state index contributed by atoms with van der Waals surface area (Å²) < 4.78 is 11.8. The maximum Gasteiger partial charge on any atom is 0.407 e. The third-order valence-corrected chi connectivity index (χ3v) is 12.8. The number of nitrogens with zero attached hydrogens (tertiary/aromatic N) is 6. The molecule has 2 unspecified atom stereocenters. The van der Waals surface area contributed by atoms with E-state index < -0.39 is 23.8 Å². The maximum absolute atomic E-state index is 13.8. The number of likely N-dealkylation sites (tertiary alicyclic amines) is 2. The zero-order chi connectivity index (χ0) is 42.0. The van der Waals surface area contributed by atoms with Gasteiger partial charge in [-0.15, -0.1) is 0 Å². The first kappa shape index (κ1) is 39.0. The lowest BCUT2D eigenvalue weighted by atomic mass is 10.0. The van der Waals surface area contributed by atoms with Crippen LogP contribution in [0.5, 0.6) is 0 Å². The Labute approximate surface area is 346 Å². The standard InChI is InChI=1S/C44H50N10O6/c1-23(2)37(50-42(57)59-5)40(55)52-15-7-9-34(52)38-45-21-31(48-38)26-12-14-33-28(17-26)19-36-29-13-11-27(18-30(29)47-25(4)54(33)36)32-22-46-39(49-32)35-10-8-16-53(35)41(56)44(20-24(44)3)51-43(58)60-6/h11-14,17-19,21-24,34-35,37H,7-10,15-16,20H2,1-6H3,(H,45,48)(H,46,49)(H,50,57)(H,51,58)/t24?,34-,35+,37-,44?/m0/s1. The van der Waals surface area contributed by atoms with E-state index in [2.05, 4.69) is 67.5 Å². The number of fused-ring (bicyclic) bond motifs is 5. The fourth-order valence-corrected chi connectivity index (χ4v) is 9.39. The van der Waals surface area contributed by atoms with E-state index in [4.69, 9.17) is 24.4 Å². The number of aromatic nitrogens is 6. The van der Waals surface area contributed by atoms with E-state index in [0.29, 0.717) is 25.3 Å². The molecular formula is C44H50N10O6. The van der Waals surface area contributed by atoms with Crippen LogP contribution in [0.1, 0.15) is 82.4 Å². The fraction of sp³-hybridized carbons (Fsp3) is 0.432. The third kappa shape index (κ3) is 6.57. The number of alkyl carbamates (subject to hydrolysis) is 2. The molecule has 4 amide bonds. The van der Waals surface area contributed by atoms with Crippen LogP contribution in [0.4, 0.5) is 9.59 Å². The van der Waals surface area contributed by atoms with Crippen molar-refractivity contribution in [3.8, 4) is 22.5 Å². The Balaban J connectivity index is 0.961. The maximum atomic E-state index is 13.8. The monoisotopic (exact) mass is 814 g/mol. The van der Waals surface area contributed by atoms with Gasteiger partial charge in [0, 0.05) is 35.0 Å². The Morgan fingerprint density at radius 2 is 1.45 bits per heavy atom. The van der Waals surface area contributed by atoms with Gasteiger partial charge in [0.25, 0.3) is 0 Å². The predicted octanol–water partition coefficient (Wildman–Crippen LogP) is 6.57. The minimum Gasteiger partial charge on any atom is -0.453 e. The van der Waals surface area contributed by atoms with Crippen molar-refractivity contribution in [2.75, 3.05) is 27.3 Å². The van der Waals surface area contributed by atoms with Crippen LogP contribution in [0.2, 0.25) is 0 Å². The quantitative estimate of drug-likeness (QED) is 0.125. The molecule has 4 aromatic heterocycles. The van der Waals surface area contributed by atoms with Crippen molar-refractivity contribution in [3.63, 3.8) is 0 Å². The summed E-state index contributed by atoms with van der Waals surface area (Å²) in [5.74, 6) is 1.96. The number of hydrogen-bond acceptors (Lipinski definition) is 9. The number of aryl methyl sites for hydroxylation is 1. The summed E-state index contributed by atoms with van der Waals surface area (Å²) in [6.45, 7) is 8.96.